The lowest BCUT2D eigenvalue weighted by molar-refractivity contribution is 0.601. The highest BCUT2D eigenvalue weighted by atomic mass is 79.9. The Balaban J connectivity index is 2.19. The van der Waals surface area contributed by atoms with Gasteiger partial charge in [0.15, 0.2) is 0 Å². The van der Waals surface area contributed by atoms with Gasteiger partial charge in [0.1, 0.15) is 10.7 Å². The van der Waals surface area contributed by atoms with Gasteiger partial charge >= 0.3 is 0 Å². The number of H-pyrrole nitrogens is 1. The number of anilines is 1. The summed E-state index contributed by atoms with van der Waals surface area (Å²) in [6.45, 7) is 5.20. The predicted molar refractivity (Wildman–Crippen MR) is 85.7 cm³/mol. The van der Waals surface area contributed by atoms with Crippen LogP contribution in [0.3, 0.4) is 0 Å². The van der Waals surface area contributed by atoms with E-state index in [9.17, 15) is 8.42 Å². The molecule has 0 unspecified atom stereocenters. The van der Waals surface area contributed by atoms with E-state index in [0.717, 1.165) is 22.3 Å². The largest absolute Gasteiger partial charge is 0.363 e. The smallest absolute Gasteiger partial charge is 0.264 e. The maximum absolute atomic E-state index is 12.3. The summed E-state index contributed by atoms with van der Waals surface area (Å²) in [7, 11) is -3.64. The molecule has 0 aliphatic heterocycles. The number of aromatic nitrogens is 2. The lowest BCUT2D eigenvalue weighted by Gasteiger charge is -2.08. The molecule has 3 N–H and O–H groups in total. The third-order valence-corrected chi connectivity index (χ3v) is 4.62. The van der Waals surface area contributed by atoms with Gasteiger partial charge in [-0.25, -0.2) is 13.4 Å². The molecule has 0 saturated carbocycles. The number of pyridine rings is 1. The minimum absolute atomic E-state index is 0.194. The van der Waals surface area contributed by atoms with Gasteiger partial charge in [0.2, 0.25) is 0 Å². The van der Waals surface area contributed by atoms with Crippen LogP contribution in [0.5, 0.6) is 0 Å². The lowest BCUT2D eigenvalue weighted by atomic mass is 10.3. The maximum Gasteiger partial charge on any atom is 0.264 e. The average molecular weight is 373 g/mol. The summed E-state index contributed by atoms with van der Waals surface area (Å²) in [4.78, 5) is 7.23. The van der Waals surface area contributed by atoms with E-state index in [1.54, 1.807) is 25.3 Å². The number of sulfonamides is 1. The number of rotatable bonds is 6. The topological polar surface area (TPSA) is 86.9 Å². The van der Waals surface area contributed by atoms with Crippen LogP contribution < -0.4 is 10.0 Å². The summed E-state index contributed by atoms with van der Waals surface area (Å²) in [6.07, 6.45) is 3.03. The number of nitrogens with zero attached hydrogens (tertiary/aromatic N) is 1. The molecule has 0 amide bonds. The highest BCUT2D eigenvalue weighted by Crippen LogP contribution is 2.20. The van der Waals surface area contributed by atoms with Crippen molar-refractivity contribution in [3.05, 3.63) is 40.3 Å². The molecule has 0 saturated heterocycles. The molecular weight excluding hydrogens is 356 g/mol. The number of aryl methyl sites for hydroxylation is 1. The van der Waals surface area contributed by atoms with E-state index in [1.807, 2.05) is 6.92 Å². The summed E-state index contributed by atoms with van der Waals surface area (Å²) >= 11 is 3.30. The molecule has 114 valence electrons. The number of hydrogen-bond donors (Lipinski definition) is 3. The van der Waals surface area contributed by atoms with E-state index >= 15 is 0 Å². The average Bonchev–Trinajstić information content (AvgIpc) is 2.89. The Morgan fingerprint density at radius 2 is 2.14 bits per heavy atom. The van der Waals surface area contributed by atoms with Gasteiger partial charge in [-0.2, -0.15) is 0 Å². The quantitative estimate of drug-likeness (QED) is 0.726. The van der Waals surface area contributed by atoms with Crippen LogP contribution in [0.25, 0.3) is 0 Å². The predicted octanol–water partition coefficient (Wildman–Crippen LogP) is 2.39. The van der Waals surface area contributed by atoms with Crippen molar-refractivity contribution in [3.8, 4) is 0 Å². The first-order chi connectivity index (χ1) is 9.92. The van der Waals surface area contributed by atoms with Crippen molar-refractivity contribution in [2.24, 2.45) is 0 Å². The fourth-order valence-electron chi connectivity index (χ4n) is 1.77. The Labute approximate surface area is 132 Å². The molecule has 2 aromatic heterocycles. The number of nitrogens with one attached hydrogen (secondary N) is 3. The zero-order chi connectivity index (χ0) is 15.5. The zero-order valence-electron chi connectivity index (χ0n) is 11.8. The van der Waals surface area contributed by atoms with Crippen molar-refractivity contribution in [3.63, 3.8) is 0 Å². The molecule has 6 nitrogen and oxygen atoms in total. The monoisotopic (exact) mass is 372 g/mol. The fraction of sp³-hybridized carbons (Fsp3) is 0.308. The van der Waals surface area contributed by atoms with Crippen molar-refractivity contribution in [1.29, 1.82) is 0 Å². The summed E-state index contributed by atoms with van der Waals surface area (Å²) < 4.78 is 27.9. The number of halogens is 1. The summed E-state index contributed by atoms with van der Waals surface area (Å²) in [5.74, 6) is 0.327. The molecule has 0 radical (unpaired) electrons. The molecule has 0 spiro atoms. The second-order valence-corrected chi connectivity index (χ2v) is 7.16. The van der Waals surface area contributed by atoms with Crippen LogP contribution in [-0.2, 0) is 16.6 Å². The first-order valence-electron chi connectivity index (χ1n) is 6.45. The van der Waals surface area contributed by atoms with Gasteiger partial charge in [0, 0.05) is 29.1 Å². The Kier molecular flexibility index (Phi) is 5.02. The number of hydrogen-bond acceptors (Lipinski definition) is 4. The third-order valence-electron chi connectivity index (χ3n) is 2.87. The number of aromatic amines is 1. The van der Waals surface area contributed by atoms with Crippen molar-refractivity contribution < 1.29 is 8.42 Å². The van der Waals surface area contributed by atoms with Crippen LogP contribution in [0.15, 0.2) is 33.9 Å². The minimum atomic E-state index is -3.64. The molecule has 2 aromatic rings. The summed E-state index contributed by atoms with van der Waals surface area (Å²) in [6, 6.07) is 3.41. The first kappa shape index (κ1) is 16.0. The summed E-state index contributed by atoms with van der Waals surface area (Å²) in [5.41, 5.74) is 1.56. The van der Waals surface area contributed by atoms with Crippen LogP contribution in [0.4, 0.5) is 5.82 Å². The Bertz CT molecular complexity index is 728. The van der Waals surface area contributed by atoms with Gasteiger partial charge in [-0.15, -0.1) is 0 Å². The van der Waals surface area contributed by atoms with Gasteiger partial charge in [0.25, 0.3) is 10.0 Å². The highest BCUT2D eigenvalue weighted by Gasteiger charge is 2.17. The van der Waals surface area contributed by atoms with E-state index < -0.39 is 10.0 Å². The molecule has 0 aliphatic carbocycles. The summed E-state index contributed by atoms with van der Waals surface area (Å²) in [5, 5.41) is 3.13. The molecule has 0 atom stereocenters. The lowest BCUT2D eigenvalue weighted by Crippen LogP contribution is -2.14. The Hall–Kier alpha value is -1.38. The van der Waals surface area contributed by atoms with E-state index in [-0.39, 0.29) is 4.90 Å². The molecule has 21 heavy (non-hydrogen) atoms. The van der Waals surface area contributed by atoms with Crippen molar-refractivity contribution in [1.82, 2.24) is 15.3 Å². The van der Waals surface area contributed by atoms with Gasteiger partial charge in [-0.1, -0.05) is 6.92 Å². The SMILES string of the molecule is CCNCc1cc(S(=O)(=O)Nc2ncc(Br)cc2C)c[nH]1. The van der Waals surface area contributed by atoms with Crippen LogP contribution in [0.2, 0.25) is 0 Å². The highest BCUT2D eigenvalue weighted by molar-refractivity contribution is 9.10. The molecule has 0 aliphatic rings. The molecular formula is C13H17BrN4O2S. The maximum atomic E-state index is 12.3. The van der Waals surface area contributed by atoms with E-state index in [1.165, 1.54) is 6.20 Å². The third kappa shape index (κ3) is 4.05. The molecule has 0 aromatic carbocycles. The van der Waals surface area contributed by atoms with Crippen LogP contribution >= 0.6 is 15.9 Å². The van der Waals surface area contributed by atoms with Crippen LogP contribution in [0.1, 0.15) is 18.2 Å². The van der Waals surface area contributed by atoms with Gasteiger partial charge in [-0.05, 0) is 47.1 Å². The molecule has 0 fully saturated rings. The van der Waals surface area contributed by atoms with Crippen LogP contribution in [0, 0.1) is 6.92 Å². The Morgan fingerprint density at radius 3 is 2.81 bits per heavy atom. The van der Waals surface area contributed by atoms with E-state index in [2.05, 4.69) is 35.9 Å². The van der Waals surface area contributed by atoms with Crippen LogP contribution in [-0.4, -0.2) is 24.9 Å². The second kappa shape index (κ2) is 6.59. The first-order valence-corrected chi connectivity index (χ1v) is 8.73. The zero-order valence-corrected chi connectivity index (χ0v) is 14.2. The normalized spacial score (nSPS) is 11.6. The van der Waals surface area contributed by atoms with Crippen molar-refractivity contribution >= 4 is 31.8 Å². The van der Waals surface area contributed by atoms with Gasteiger partial charge in [-0.3, -0.25) is 4.72 Å². The fourth-order valence-corrected chi connectivity index (χ4v) is 3.31. The van der Waals surface area contributed by atoms with Gasteiger partial charge in [0.05, 0.1) is 0 Å². The van der Waals surface area contributed by atoms with Crippen molar-refractivity contribution in [2.75, 3.05) is 11.3 Å². The van der Waals surface area contributed by atoms with Gasteiger partial charge < -0.3 is 10.3 Å². The molecule has 0 bridgehead atoms. The minimum Gasteiger partial charge on any atom is -0.363 e. The van der Waals surface area contributed by atoms with E-state index in [0.29, 0.717) is 12.4 Å². The molecule has 2 heterocycles. The second-order valence-electron chi connectivity index (χ2n) is 4.57. The van der Waals surface area contributed by atoms with E-state index in [4.69, 9.17) is 0 Å². The Morgan fingerprint density at radius 1 is 1.38 bits per heavy atom. The molecule has 8 heteroatoms. The standard InChI is InChI=1S/C13H17BrN4O2S/c1-3-15-7-11-5-12(8-16-11)21(19,20)18-13-9(2)4-10(14)6-17-13/h4-6,8,15-16H,3,7H2,1-2H3,(H,17,18). The molecule has 2 rings (SSSR count). The van der Waals surface area contributed by atoms with Crippen molar-refractivity contribution in [2.45, 2.75) is 25.3 Å².